The molecule has 1 amide bonds. The molecule has 0 aromatic heterocycles. The lowest BCUT2D eigenvalue weighted by Gasteiger charge is -2.16. The minimum Gasteiger partial charge on any atom is -0.493 e. The van der Waals surface area contributed by atoms with Crippen LogP contribution in [0.1, 0.15) is 29.3 Å². The van der Waals surface area contributed by atoms with Crippen LogP contribution in [-0.2, 0) is 6.18 Å². The van der Waals surface area contributed by atoms with Crippen LogP contribution in [0.5, 0.6) is 11.5 Å². The molecule has 8 heteroatoms. The van der Waals surface area contributed by atoms with E-state index in [4.69, 9.17) is 9.47 Å². The van der Waals surface area contributed by atoms with Crippen molar-refractivity contribution in [3.05, 3.63) is 51.1 Å². The van der Waals surface area contributed by atoms with Gasteiger partial charge in [0, 0.05) is 5.56 Å². The second-order valence-electron chi connectivity index (χ2n) is 5.34. The maximum Gasteiger partial charge on any atom is 0.418 e. The van der Waals surface area contributed by atoms with E-state index < -0.39 is 17.6 Å². The molecule has 0 bridgehead atoms. The zero-order chi connectivity index (χ0) is 19.3. The van der Waals surface area contributed by atoms with Crippen molar-refractivity contribution >= 4 is 34.2 Å². The van der Waals surface area contributed by atoms with Gasteiger partial charge < -0.3 is 14.8 Å². The number of carbonyl (C=O) groups excluding carboxylic acids is 1. The summed E-state index contributed by atoms with van der Waals surface area (Å²) in [5.41, 5.74) is -1.03. The number of benzene rings is 2. The maximum absolute atomic E-state index is 13.1. The molecule has 4 nitrogen and oxygen atoms in total. The lowest BCUT2D eigenvalue weighted by atomic mass is 10.1. The van der Waals surface area contributed by atoms with E-state index in [1.165, 1.54) is 31.4 Å². The summed E-state index contributed by atoms with van der Waals surface area (Å²) in [4.78, 5) is 12.5. The predicted molar refractivity (Wildman–Crippen MR) is 101 cm³/mol. The number of ether oxygens (including phenoxy) is 2. The third-order valence-corrected chi connectivity index (χ3v) is 4.22. The minimum absolute atomic E-state index is 0.173. The first-order valence-corrected chi connectivity index (χ1v) is 8.83. The minimum atomic E-state index is -4.56. The highest BCUT2D eigenvalue weighted by Gasteiger charge is 2.33. The molecule has 0 aliphatic rings. The zero-order valence-electron chi connectivity index (χ0n) is 14.1. The van der Waals surface area contributed by atoms with Crippen LogP contribution in [0.25, 0.3) is 0 Å². The van der Waals surface area contributed by atoms with E-state index in [1.807, 2.05) is 29.5 Å². The molecule has 0 unspecified atom stereocenters. The van der Waals surface area contributed by atoms with Gasteiger partial charge in [0.1, 0.15) is 0 Å². The van der Waals surface area contributed by atoms with E-state index in [9.17, 15) is 18.0 Å². The molecule has 2 aromatic carbocycles. The Hall–Kier alpha value is -1.97. The van der Waals surface area contributed by atoms with Crippen LogP contribution in [0, 0.1) is 3.57 Å². The van der Waals surface area contributed by atoms with E-state index in [1.54, 1.807) is 6.07 Å². The van der Waals surface area contributed by atoms with Gasteiger partial charge in [-0.3, -0.25) is 4.79 Å². The topological polar surface area (TPSA) is 47.6 Å². The summed E-state index contributed by atoms with van der Waals surface area (Å²) in [6, 6.07) is 7.81. The molecule has 0 aliphatic heterocycles. The lowest BCUT2D eigenvalue weighted by molar-refractivity contribution is -0.136. The number of halogens is 4. The van der Waals surface area contributed by atoms with Crippen molar-refractivity contribution in [3.63, 3.8) is 0 Å². The Labute approximate surface area is 162 Å². The third-order valence-electron chi connectivity index (χ3n) is 3.42. The fraction of sp³-hybridized carbons (Fsp3) is 0.278. The van der Waals surface area contributed by atoms with Crippen LogP contribution in [0.15, 0.2) is 36.4 Å². The van der Waals surface area contributed by atoms with Gasteiger partial charge in [-0.25, -0.2) is 0 Å². The van der Waals surface area contributed by atoms with Crippen molar-refractivity contribution in [2.75, 3.05) is 19.0 Å². The Bertz CT molecular complexity index is 794. The van der Waals surface area contributed by atoms with Crippen molar-refractivity contribution in [3.8, 4) is 11.5 Å². The Morgan fingerprint density at radius 1 is 1.23 bits per heavy atom. The molecular weight excluding hydrogens is 462 g/mol. The summed E-state index contributed by atoms with van der Waals surface area (Å²) in [6.45, 7) is 2.44. The molecule has 0 atom stereocenters. The summed E-state index contributed by atoms with van der Waals surface area (Å²) in [5.74, 6) is 0.182. The quantitative estimate of drug-likeness (QED) is 0.568. The van der Waals surface area contributed by atoms with E-state index in [2.05, 4.69) is 5.32 Å². The highest BCUT2D eigenvalue weighted by Crippen LogP contribution is 2.36. The summed E-state index contributed by atoms with van der Waals surface area (Å²) >= 11 is 1.99. The molecule has 140 valence electrons. The number of carbonyl (C=O) groups is 1. The van der Waals surface area contributed by atoms with Gasteiger partial charge in [-0.05, 0) is 53.3 Å². The smallest absolute Gasteiger partial charge is 0.418 e. The zero-order valence-corrected chi connectivity index (χ0v) is 16.3. The van der Waals surface area contributed by atoms with Crippen molar-refractivity contribution in [2.24, 2.45) is 0 Å². The van der Waals surface area contributed by atoms with E-state index >= 15 is 0 Å². The normalized spacial score (nSPS) is 11.2. The molecule has 0 fully saturated rings. The van der Waals surface area contributed by atoms with Gasteiger partial charge in [0.15, 0.2) is 11.5 Å². The Balaban J connectivity index is 2.33. The van der Waals surface area contributed by atoms with Crippen LogP contribution < -0.4 is 14.8 Å². The predicted octanol–water partition coefficient (Wildman–Crippen LogP) is 5.36. The second-order valence-corrected chi connectivity index (χ2v) is 6.50. The first kappa shape index (κ1) is 20.3. The molecule has 0 saturated carbocycles. The Morgan fingerprint density at radius 2 is 1.92 bits per heavy atom. The SMILES string of the molecule is CCCOc1c(I)cc(C(=O)Nc2ccccc2C(F)(F)F)cc1OC. The standard InChI is InChI=1S/C18H17F3INO3/c1-3-8-26-16-13(22)9-11(10-15(16)25-2)17(24)23-14-7-5-4-6-12(14)18(19,20)21/h4-7,9-10H,3,8H2,1-2H3,(H,23,24). The van der Waals surface area contributed by atoms with Gasteiger partial charge in [-0.2, -0.15) is 13.2 Å². The monoisotopic (exact) mass is 479 g/mol. The van der Waals surface area contributed by atoms with Gasteiger partial charge in [0.2, 0.25) is 0 Å². The Morgan fingerprint density at radius 3 is 2.54 bits per heavy atom. The first-order valence-electron chi connectivity index (χ1n) is 7.75. The number of hydrogen-bond acceptors (Lipinski definition) is 3. The van der Waals surface area contributed by atoms with Crippen molar-refractivity contribution in [1.82, 2.24) is 0 Å². The number of methoxy groups -OCH3 is 1. The summed E-state index contributed by atoms with van der Waals surface area (Å²) < 4.78 is 50.7. The van der Waals surface area contributed by atoms with Gasteiger partial charge in [0.25, 0.3) is 5.91 Å². The molecule has 0 spiro atoms. The van der Waals surface area contributed by atoms with Gasteiger partial charge in [-0.15, -0.1) is 0 Å². The summed E-state index contributed by atoms with van der Waals surface area (Å²) in [6.07, 6.45) is -3.76. The number of alkyl halides is 3. The number of nitrogens with one attached hydrogen (secondary N) is 1. The van der Waals surface area contributed by atoms with Crippen molar-refractivity contribution in [1.29, 1.82) is 0 Å². The van der Waals surface area contributed by atoms with Crippen molar-refractivity contribution < 1.29 is 27.4 Å². The summed E-state index contributed by atoms with van der Waals surface area (Å²) in [7, 11) is 1.44. The molecule has 0 saturated heterocycles. The van der Waals surface area contributed by atoms with Crippen LogP contribution >= 0.6 is 22.6 Å². The van der Waals surface area contributed by atoms with Gasteiger partial charge >= 0.3 is 6.18 Å². The highest BCUT2D eigenvalue weighted by atomic mass is 127. The number of anilines is 1. The average molecular weight is 479 g/mol. The Kier molecular flexibility index (Phi) is 6.74. The molecule has 0 heterocycles. The van der Waals surface area contributed by atoms with Gasteiger partial charge in [-0.1, -0.05) is 19.1 Å². The molecular formula is C18H17F3INO3. The van der Waals surface area contributed by atoms with E-state index in [0.717, 1.165) is 12.5 Å². The fourth-order valence-corrected chi connectivity index (χ4v) is 2.99. The molecule has 2 aromatic rings. The maximum atomic E-state index is 13.1. The van der Waals surface area contributed by atoms with Crippen LogP contribution in [0.2, 0.25) is 0 Å². The number of amides is 1. The molecule has 26 heavy (non-hydrogen) atoms. The first-order chi connectivity index (χ1) is 12.3. The van der Waals surface area contributed by atoms with E-state index in [-0.39, 0.29) is 11.3 Å². The second kappa shape index (κ2) is 8.61. The van der Waals surface area contributed by atoms with Crippen LogP contribution in [0.4, 0.5) is 18.9 Å². The number of para-hydroxylation sites is 1. The molecule has 1 N–H and O–H groups in total. The lowest BCUT2D eigenvalue weighted by Crippen LogP contribution is -2.17. The van der Waals surface area contributed by atoms with Gasteiger partial charge in [0.05, 0.1) is 28.5 Å². The fourth-order valence-electron chi connectivity index (χ4n) is 2.23. The largest absolute Gasteiger partial charge is 0.493 e. The third kappa shape index (κ3) is 4.80. The molecule has 0 aliphatic carbocycles. The molecule has 0 radical (unpaired) electrons. The highest BCUT2D eigenvalue weighted by molar-refractivity contribution is 14.1. The number of rotatable bonds is 6. The van der Waals surface area contributed by atoms with Crippen molar-refractivity contribution in [2.45, 2.75) is 19.5 Å². The van der Waals surface area contributed by atoms with Crippen LogP contribution in [0.3, 0.4) is 0 Å². The molecule has 2 rings (SSSR count). The van der Waals surface area contributed by atoms with E-state index in [0.29, 0.717) is 21.7 Å². The summed E-state index contributed by atoms with van der Waals surface area (Å²) in [5, 5.41) is 2.32. The van der Waals surface area contributed by atoms with Crippen LogP contribution in [-0.4, -0.2) is 19.6 Å². The average Bonchev–Trinajstić information content (AvgIpc) is 2.59. The number of hydrogen-bond donors (Lipinski definition) is 1.